The molecule has 1 amide bonds. The number of anilines is 2. The monoisotopic (exact) mass is 450 g/mol. The van der Waals surface area contributed by atoms with Crippen molar-refractivity contribution in [2.75, 3.05) is 55.6 Å². The molecule has 0 unspecified atom stereocenters. The van der Waals surface area contributed by atoms with Crippen LogP contribution in [0.2, 0.25) is 0 Å². The molecule has 1 spiro atoms. The van der Waals surface area contributed by atoms with Gasteiger partial charge in [0, 0.05) is 31.4 Å². The molecule has 1 N–H and O–H groups in total. The lowest BCUT2D eigenvalue weighted by molar-refractivity contribution is -0.137. The Morgan fingerprint density at radius 3 is 2.44 bits per heavy atom. The van der Waals surface area contributed by atoms with Crippen molar-refractivity contribution in [3.63, 3.8) is 0 Å². The van der Waals surface area contributed by atoms with Crippen LogP contribution in [0.5, 0.6) is 0 Å². The van der Waals surface area contributed by atoms with Crippen molar-refractivity contribution in [3.05, 3.63) is 23.8 Å². The van der Waals surface area contributed by atoms with Gasteiger partial charge in [-0.25, -0.2) is 0 Å². The molecule has 0 bridgehead atoms. The number of nitrogens with one attached hydrogen (secondary N) is 1. The highest BCUT2D eigenvalue weighted by Gasteiger charge is 2.49. The second-order valence-electron chi connectivity index (χ2n) is 9.92. The zero-order valence-corrected chi connectivity index (χ0v) is 18.6. The second-order valence-corrected chi connectivity index (χ2v) is 9.92. The maximum absolute atomic E-state index is 14.1. The van der Waals surface area contributed by atoms with Gasteiger partial charge in [-0.2, -0.15) is 13.2 Å². The molecule has 32 heavy (non-hydrogen) atoms. The van der Waals surface area contributed by atoms with Gasteiger partial charge in [-0.15, -0.1) is 0 Å². The number of halogens is 3. The van der Waals surface area contributed by atoms with Gasteiger partial charge in [0.25, 0.3) is 0 Å². The van der Waals surface area contributed by atoms with Crippen LogP contribution in [0.3, 0.4) is 0 Å². The molecule has 8 heteroatoms. The van der Waals surface area contributed by atoms with Gasteiger partial charge in [0.1, 0.15) is 0 Å². The van der Waals surface area contributed by atoms with Gasteiger partial charge in [0.2, 0.25) is 5.91 Å². The first-order valence-corrected chi connectivity index (χ1v) is 12.1. The molecular weight excluding hydrogens is 417 g/mol. The third-order valence-electron chi connectivity index (χ3n) is 8.09. The molecule has 4 heterocycles. The molecule has 1 atom stereocenters. The van der Waals surface area contributed by atoms with E-state index in [9.17, 15) is 18.0 Å². The van der Waals surface area contributed by atoms with Crippen LogP contribution in [0.15, 0.2) is 18.2 Å². The Balaban J connectivity index is 1.38. The van der Waals surface area contributed by atoms with E-state index in [-0.39, 0.29) is 11.6 Å². The molecule has 176 valence electrons. The molecule has 0 aromatic heterocycles. The van der Waals surface area contributed by atoms with Crippen molar-refractivity contribution >= 4 is 17.3 Å². The van der Waals surface area contributed by atoms with E-state index >= 15 is 0 Å². The molecule has 4 saturated heterocycles. The van der Waals surface area contributed by atoms with Crippen molar-refractivity contribution in [3.8, 4) is 0 Å². The van der Waals surface area contributed by atoms with Crippen LogP contribution in [-0.2, 0) is 11.0 Å². The van der Waals surface area contributed by atoms with E-state index in [2.05, 4.69) is 15.1 Å². The van der Waals surface area contributed by atoms with Crippen molar-refractivity contribution in [2.45, 2.75) is 57.2 Å². The number of carbonyl (C=O) groups excluding carboxylic acids is 1. The summed E-state index contributed by atoms with van der Waals surface area (Å²) in [5.41, 5.74) is -0.545. The normalized spacial score (nSPS) is 27.0. The largest absolute Gasteiger partial charge is 0.418 e. The summed E-state index contributed by atoms with van der Waals surface area (Å²) in [5.74, 6) is -0.136. The van der Waals surface area contributed by atoms with Gasteiger partial charge >= 0.3 is 6.18 Å². The van der Waals surface area contributed by atoms with Gasteiger partial charge in [-0.1, -0.05) is 6.42 Å². The van der Waals surface area contributed by atoms with Crippen molar-refractivity contribution in [1.29, 1.82) is 0 Å². The maximum Gasteiger partial charge on any atom is 0.418 e. The lowest BCUT2D eigenvalue weighted by Gasteiger charge is -2.33. The van der Waals surface area contributed by atoms with Crippen molar-refractivity contribution < 1.29 is 18.0 Å². The van der Waals surface area contributed by atoms with Crippen LogP contribution in [-0.4, -0.2) is 62.7 Å². The van der Waals surface area contributed by atoms with Crippen LogP contribution in [0.4, 0.5) is 24.5 Å². The van der Waals surface area contributed by atoms with Crippen LogP contribution in [0.25, 0.3) is 0 Å². The molecule has 0 radical (unpaired) electrons. The zero-order valence-electron chi connectivity index (χ0n) is 18.6. The smallest absolute Gasteiger partial charge is 0.370 e. The molecule has 5 nitrogen and oxygen atoms in total. The SMILES string of the molecule is O=C1N(c2ccc(N3CC[C@H](N4CCCCC4)C3)cc2C(F)(F)F)CCC12CCNCC2. The van der Waals surface area contributed by atoms with E-state index in [1.807, 2.05) is 0 Å². The summed E-state index contributed by atoms with van der Waals surface area (Å²) in [6.45, 7) is 5.60. The van der Waals surface area contributed by atoms with Gasteiger partial charge in [-0.3, -0.25) is 9.69 Å². The lowest BCUT2D eigenvalue weighted by Crippen LogP contribution is -2.43. The Morgan fingerprint density at radius 2 is 1.72 bits per heavy atom. The van der Waals surface area contributed by atoms with Crippen molar-refractivity contribution in [1.82, 2.24) is 10.2 Å². The zero-order chi connectivity index (χ0) is 22.3. The molecule has 5 rings (SSSR count). The Hall–Kier alpha value is -1.80. The average Bonchev–Trinajstić information content (AvgIpc) is 3.40. The highest BCUT2D eigenvalue weighted by Crippen LogP contribution is 2.46. The van der Waals surface area contributed by atoms with E-state index in [0.29, 0.717) is 37.5 Å². The van der Waals surface area contributed by atoms with Gasteiger partial charge < -0.3 is 15.1 Å². The number of hydrogen-bond donors (Lipinski definition) is 1. The average molecular weight is 451 g/mol. The van der Waals surface area contributed by atoms with Crippen LogP contribution >= 0.6 is 0 Å². The van der Waals surface area contributed by atoms with Crippen LogP contribution < -0.4 is 15.1 Å². The number of carbonyl (C=O) groups is 1. The standard InChI is InChI=1S/C24H33F3N4O/c25-24(26,27)20-16-18(30-14-6-19(17-30)29-12-2-1-3-13-29)4-5-21(20)31-15-9-23(22(31)32)7-10-28-11-8-23/h4-5,16,19,28H,1-3,6-15,17H2/t19-/m0/s1. The second kappa shape index (κ2) is 8.52. The number of amides is 1. The Kier molecular flexibility index (Phi) is 5.86. The fraction of sp³-hybridized carbons (Fsp3) is 0.708. The topological polar surface area (TPSA) is 38.8 Å². The minimum absolute atomic E-state index is 0.0217. The summed E-state index contributed by atoms with van der Waals surface area (Å²) in [4.78, 5) is 19.2. The third kappa shape index (κ3) is 4.00. The fourth-order valence-corrected chi connectivity index (χ4v) is 6.16. The summed E-state index contributed by atoms with van der Waals surface area (Å²) in [6, 6.07) is 5.01. The number of likely N-dealkylation sites (tertiary alicyclic amines) is 1. The molecular formula is C24H33F3N4O. The first kappa shape index (κ1) is 22.0. The van der Waals surface area contributed by atoms with E-state index in [1.54, 1.807) is 6.07 Å². The number of rotatable bonds is 3. The van der Waals surface area contributed by atoms with Gasteiger partial charge in [0.05, 0.1) is 16.7 Å². The highest BCUT2D eigenvalue weighted by molar-refractivity contribution is 6.00. The third-order valence-corrected chi connectivity index (χ3v) is 8.09. The van der Waals surface area contributed by atoms with E-state index in [1.165, 1.54) is 36.3 Å². The number of piperidine rings is 2. The summed E-state index contributed by atoms with van der Waals surface area (Å²) in [6.07, 6.45) is 2.23. The predicted molar refractivity (Wildman–Crippen MR) is 119 cm³/mol. The molecule has 4 fully saturated rings. The summed E-state index contributed by atoms with van der Waals surface area (Å²) in [5, 5.41) is 3.25. The molecule has 0 saturated carbocycles. The first-order valence-electron chi connectivity index (χ1n) is 12.1. The van der Waals surface area contributed by atoms with Crippen LogP contribution in [0.1, 0.15) is 50.5 Å². The minimum Gasteiger partial charge on any atom is -0.370 e. The Bertz CT molecular complexity index is 846. The first-order chi connectivity index (χ1) is 15.4. The number of nitrogens with zero attached hydrogens (tertiary/aromatic N) is 3. The minimum atomic E-state index is -4.50. The summed E-state index contributed by atoms with van der Waals surface area (Å²) >= 11 is 0. The fourth-order valence-electron chi connectivity index (χ4n) is 6.16. The van der Waals surface area contributed by atoms with E-state index in [4.69, 9.17) is 0 Å². The Labute approximate surface area is 187 Å². The van der Waals surface area contributed by atoms with Crippen molar-refractivity contribution in [2.24, 2.45) is 5.41 Å². The maximum atomic E-state index is 14.1. The van der Waals surface area contributed by atoms with Gasteiger partial charge in [-0.05, 0) is 82.9 Å². The van der Waals surface area contributed by atoms with E-state index in [0.717, 1.165) is 45.7 Å². The molecule has 4 aliphatic rings. The predicted octanol–water partition coefficient (Wildman–Crippen LogP) is 3.88. The number of alkyl halides is 3. The number of benzene rings is 1. The van der Waals surface area contributed by atoms with E-state index < -0.39 is 17.2 Å². The molecule has 4 aliphatic heterocycles. The summed E-state index contributed by atoms with van der Waals surface area (Å²) in [7, 11) is 0. The quantitative estimate of drug-likeness (QED) is 0.759. The summed E-state index contributed by atoms with van der Waals surface area (Å²) < 4.78 is 42.4. The van der Waals surface area contributed by atoms with Crippen LogP contribution in [0, 0.1) is 5.41 Å². The van der Waals surface area contributed by atoms with Gasteiger partial charge in [0.15, 0.2) is 0 Å². The Morgan fingerprint density at radius 1 is 0.969 bits per heavy atom. The molecule has 0 aliphatic carbocycles. The highest BCUT2D eigenvalue weighted by atomic mass is 19.4. The number of hydrogen-bond acceptors (Lipinski definition) is 4. The molecule has 1 aromatic rings. The lowest BCUT2D eigenvalue weighted by atomic mass is 9.77. The molecule has 1 aromatic carbocycles.